The van der Waals surface area contributed by atoms with Gasteiger partial charge >= 0.3 is 0 Å². The molecule has 2 rings (SSSR count). The number of ketones is 1. The molecule has 4 nitrogen and oxygen atoms in total. The van der Waals surface area contributed by atoms with Gasteiger partial charge in [0.05, 0.1) is 10.4 Å². The van der Waals surface area contributed by atoms with Crippen LogP contribution >= 0.6 is 23.7 Å². The fraction of sp³-hybridized carbons (Fsp3) is 0.250. The number of amides is 1. The zero-order valence-corrected chi connectivity index (χ0v) is 13.9. The lowest BCUT2D eigenvalue weighted by Gasteiger charge is -2.09. The van der Waals surface area contributed by atoms with Crippen LogP contribution in [0.15, 0.2) is 41.8 Å². The van der Waals surface area contributed by atoms with E-state index in [-0.39, 0.29) is 24.1 Å². The summed E-state index contributed by atoms with van der Waals surface area (Å²) in [5.74, 6) is -0.308. The highest BCUT2D eigenvalue weighted by atomic mass is 35.5. The quantitative estimate of drug-likeness (QED) is 0.603. The Morgan fingerprint density at radius 1 is 1.05 bits per heavy atom. The van der Waals surface area contributed by atoms with Crippen LogP contribution in [0.4, 0.5) is 0 Å². The Morgan fingerprint density at radius 2 is 1.77 bits per heavy atom. The highest BCUT2D eigenvalue weighted by Crippen LogP contribution is 2.18. The van der Waals surface area contributed by atoms with Crippen LogP contribution in [-0.4, -0.2) is 31.8 Å². The molecule has 0 radical (unpaired) electrons. The summed E-state index contributed by atoms with van der Waals surface area (Å²) in [6.07, 6.45) is 0.850. The van der Waals surface area contributed by atoms with Gasteiger partial charge < -0.3 is 10.6 Å². The van der Waals surface area contributed by atoms with Gasteiger partial charge in [0.15, 0.2) is 0 Å². The Bertz CT molecular complexity index is 614. The topological polar surface area (TPSA) is 58.2 Å². The summed E-state index contributed by atoms with van der Waals surface area (Å²) in [6.45, 7) is 1.43. The Morgan fingerprint density at radius 3 is 2.41 bits per heavy atom. The van der Waals surface area contributed by atoms with Crippen LogP contribution in [0.3, 0.4) is 0 Å². The van der Waals surface area contributed by atoms with Gasteiger partial charge in [-0.15, -0.1) is 23.7 Å². The maximum absolute atomic E-state index is 12.4. The molecule has 0 atom stereocenters. The largest absolute Gasteiger partial charge is 0.352 e. The number of carbonyl (C=O) groups is 2. The first-order valence-corrected chi connectivity index (χ1v) is 7.72. The Labute approximate surface area is 140 Å². The number of nitrogens with one attached hydrogen (secondary N) is 2. The molecular formula is C16H19ClN2O2S. The van der Waals surface area contributed by atoms with E-state index in [1.54, 1.807) is 30.3 Å². The van der Waals surface area contributed by atoms with Crippen molar-refractivity contribution in [2.75, 3.05) is 20.1 Å². The van der Waals surface area contributed by atoms with Crippen molar-refractivity contribution in [2.24, 2.45) is 0 Å². The summed E-state index contributed by atoms with van der Waals surface area (Å²) in [5.41, 5.74) is 0.881. The van der Waals surface area contributed by atoms with E-state index in [0.717, 1.165) is 13.0 Å². The number of halogens is 1. The number of rotatable bonds is 7. The van der Waals surface area contributed by atoms with Gasteiger partial charge in [-0.2, -0.15) is 0 Å². The lowest BCUT2D eigenvalue weighted by Crippen LogP contribution is -2.28. The van der Waals surface area contributed by atoms with Crippen molar-refractivity contribution < 1.29 is 9.59 Å². The summed E-state index contributed by atoms with van der Waals surface area (Å²) < 4.78 is 0. The van der Waals surface area contributed by atoms with Gasteiger partial charge in [0, 0.05) is 12.1 Å². The zero-order valence-electron chi connectivity index (χ0n) is 12.3. The van der Waals surface area contributed by atoms with E-state index in [9.17, 15) is 9.59 Å². The second-order valence-electron chi connectivity index (χ2n) is 4.57. The van der Waals surface area contributed by atoms with Crippen molar-refractivity contribution in [2.45, 2.75) is 6.42 Å². The van der Waals surface area contributed by atoms with Crippen LogP contribution in [-0.2, 0) is 0 Å². The summed E-state index contributed by atoms with van der Waals surface area (Å²) in [5, 5.41) is 7.73. The zero-order chi connectivity index (χ0) is 15.1. The minimum atomic E-state index is -0.202. The molecule has 1 aromatic carbocycles. The molecule has 1 aromatic heterocycles. The van der Waals surface area contributed by atoms with Crippen molar-refractivity contribution in [3.8, 4) is 0 Å². The monoisotopic (exact) mass is 338 g/mol. The summed E-state index contributed by atoms with van der Waals surface area (Å²) in [7, 11) is 1.87. The molecule has 0 spiro atoms. The average molecular weight is 339 g/mol. The van der Waals surface area contributed by atoms with Crippen LogP contribution in [0, 0.1) is 0 Å². The van der Waals surface area contributed by atoms with Crippen LogP contribution < -0.4 is 10.6 Å². The maximum Gasteiger partial charge on any atom is 0.252 e. The number of hydrogen-bond donors (Lipinski definition) is 2. The van der Waals surface area contributed by atoms with Crippen molar-refractivity contribution in [3.05, 3.63) is 57.8 Å². The second-order valence-corrected chi connectivity index (χ2v) is 5.51. The van der Waals surface area contributed by atoms with E-state index >= 15 is 0 Å². The smallest absolute Gasteiger partial charge is 0.252 e. The fourth-order valence-electron chi connectivity index (χ4n) is 1.98. The number of carbonyl (C=O) groups excluding carboxylic acids is 2. The first-order chi connectivity index (χ1) is 10.2. The fourth-order valence-corrected chi connectivity index (χ4v) is 2.66. The lowest BCUT2D eigenvalue weighted by molar-refractivity contribution is 0.0942. The van der Waals surface area contributed by atoms with Gasteiger partial charge in [-0.05, 0) is 37.5 Å². The normalized spacial score (nSPS) is 9.86. The molecule has 0 aliphatic rings. The van der Waals surface area contributed by atoms with Gasteiger partial charge in [-0.1, -0.05) is 24.3 Å². The molecule has 0 aliphatic carbocycles. The molecule has 0 aliphatic heterocycles. The predicted octanol–water partition coefficient (Wildman–Crippen LogP) is 2.74. The molecule has 0 fully saturated rings. The molecule has 6 heteroatoms. The SMILES string of the molecule is CNCCCNC(=O)c1ccccc1C(=O)c1cccs1.Cl. The Hall–Kier alpha value is -1.69. The average Bonchev–Trinajstić information content (AvgIpc) is 3.05. The number of hydrogen-bond acceptors (Lipinski definition) is 4. The first kappa shape index (κ1) is 18.4. The molecule has 0 saturated heterocycles. The number of thiophene rings is 1. The third-order valence-corrected chi connectivity index (χ3v) is 3.92. The van der Waals surface area contributed by atoms with Crippen molar-refractivity contribution in [1.29, 1.82) is 0 Å². The molecule has 22 heavy (non-hydrogen) atoms. The van der Waals surface area contributed by atoms with Gasteiger partial charge in [0.25, 0.3) is 5.91 Å². The second kappa shape index (κ2) is 9.35. The lowest BCUT2D eigenvalue weighted by atomic mass is 10.0. The van der Waals surface area contributed by atoms with E-state index in [4.69, 9.17) is 0 Å². The standard InChI is InChI=1S/C16H18N2O2S.ClH/c1-17-9-5-10-18-16(20)13-7-3-2-6-12(13)15(19)14-8-4-11-21-14;/h2-4,6-8,11,17H,5,9-10H2,1H3,(H,18,20);1H. The summed E-state index contributed by atoms with van der Waals surface area (Å²) >= 11 is 1.38. The van der Waals surface area contributed by atoms with Crippen LogP contribution in [0.1, 0.15) is 32.0 Å². The maximum atomic E-state index is 12.4. The van der Waals surface area contributed by atoms with Crippen LogP contribution in [0.25, 0.3) is 0 Å². The van der Waals surface area contributed by atoms with E-state index in [1.165, 1.54) is 11.3 Å². The number of benzene rings is 1. The van der Waals surface area contributed by atoms with Gasteiger partial charge in [0.1, 0.15) is 0 Å². The van der Waals surface area contributed by atoms with E-state index in [0.29, 0.717) is 22.5 Å². The highest BCUT2D eigenvalue weighted by Gasteiger charge is 2.18. The summed E-state index contributed by atoms with van der Waals surface area (Å²) in [4.78, 5) is 25.3. The van der Waals surface area contributed by atoms with Crippen LogP contribution in [0.5, 0.6) is 0 Å². The molecule has 1 heterocycles. The Kier molecular flexibility index (Phi) is 7.80. The molecule has 0 unspecified atom stereocenters. The van der Waals surface area contributed by atoms with E-state index in [1.807, 2.05) is 18.5 Å². The van der Waals surface area contributed by atoms with Gasteiger partial charge in [0.2, 0.25) is 5.78 Å². The van der Waals surface area contributed by atoms with E-state index < -0.39 is 0 Å². The minimum Gasteiger partial charge on any atom is -0.352 e. The molecule has 1 amide bonds. The Balaban J connectivity index is 0.00000242. The highest BCUT2D eigenvalue weighted by molar-refractivity contribution is 7.12. The summed E-state index contributed by atoms with van der Waals surface area (Å²) in [6, 6.07) is 10.5. The third kappa shape index (κ3) is 4.66. The van der Waals surface area contributed by atoms with Crippen molar-refractivity contribution in [1.82, 2.24) is 10.6 Å². The molecule has 0 bridgehead atoms. The van der Waals surface area contributed by atoms with Crippen molar-refractivity contribution in [3.63, 3.8) is 0 Å². The van der Waals surface area contributed by atoms with E-state index in [2.05, 4.69) is 10.6 Å². The molecule has 2 N–H and O–H groups in total. The minimum absolute atomic E-state index is 0. The molecule has 2 aromatic rings. The molecule has 0 saturated carbocycles. The van der Waals surface area contributed by atoms with Gasteiger partial charge in [-0.25, -0.2) is 0 Å². The van der Waals surface area contributed by atoms with Crippen molar-refractivity contribution >= 4 is 35.4 Å². The predicted molar refractivity (Wildman–Crippen MR) is 92.3 cm³/mol. The van der Waals surface area contributed by atoms with Gasteiger partial charge in [-0.3, -0.25) is 9.59 Å². The molecular weight excluding hydrogens is 320 g/mol. The molecule has 118 valence electrons. The third-order valence-electron chi connectivity index (χ3n) is 3.05. The first-order valence-electron chi connectivity index (χ1n) is 6.84. The van der Waals surface area contributed by atoms with Crippen LogP contribution in [0.2, 0.25) is 0 Å².